The van der Waals surface area contributed by atoms with Gasteiger partial charge in [-0.2, -0.15) is 5.10 Å². The maximum Gasteiger partial charge on any atom is 0.0542 e. The van der Waals surface area contributed by atoms with E-state index in [1.165, 1.54) is 16.7 Å². The van der Waals surface area contributed by atoms with Gasteiger partial charge in [-0.05, 0) is 28.3 Å². The highest BCUT2D eigenvalue weighted by Crippen LogP contribution is 2.19. The second-order valence-corrected chi connectivity index (χ2v) is 7.46. The number of hydrogen-bond donors (Lipinski definition) is 0. The lowest BCUT2D eigenvalue weighted by atomic mass is 10.0. The Hall–Kier alpha value is -2.62. The molecule has 28 heavy (non-hydrogen) atoms. The highest BCUT2D eigenvalue weighted by molar-refractivity contribution is 6.31. The number of benzene rings is 3. The molecule has 0 radical (unpaired) electrons. The molecular weight excluding hydrogens is 366 g/mol. The summed E-state index contributed by atoms with van der Waals surface area (Å²) in [5, 5.41) is 7.67. The molecule has 1 heterocycles. The molecule has 1 aliphatic heterocycles. The fourth-order valence-electron chi connectivity index (χ4n) is 3.42. The van der Waals surface area contributed by atoms with Crippen LogP contribution in [-0.2, 0) is 6.54 Å². The zero-order chi connectivity index (χ0) is 19.2. The van der Waals surface area contributed by atoms with Gasteiger partial charge in [0, 0.05) is 37.7 Å². The Balaban J connectivity index is 1.30. The molecule has 142 valence electrons. The fourth-order valence-corrected chi connectivity index (χ4v) is 3.61. The molecule has 0 amide bonds. The summed E-state index contributed by atoms with van der Waals surface area (Å²) in [6.07, 6.45) is 1.96. The summed E-state index contributed by atoms with van der Waals surface area (Å²) < 4.78 is 0. The topological polar surface area (TPSA) is 18.8 Å². The smallest absolute Gasteiger partial charge is 0.0542 e. The van der Waals surface area contributed by atoms with Crippen LogP contribution >= 0.6 is 11.6 Å². The van der Waals surface area contributed by atoms with E-state index in [9.17, 15) is 0 Å². The van der Waals surface area contributed by atoms with E-state index in [0.29, 0.717) is 0 Å². The van der Waals surface area contributed by atoms with Crippen molar-refractivity contribution in [1.82, 2.24) is 9.91 Å². The monoisotopic (exact) mass is 389 g/mol. The minimum absolute atomic E-state index is 0.849. The predicted octanol–water partition coefficient (Wildman–Crippen LogP) is 5.16. The predicted molar refractivity (Wildman–Crippen MR) is 118 cm³/mol. The van der Waals surface area contributed by atoms with E-state index in [-0.39, 0.29) is 0 Å². The first kappa shape index (κ1) is 18.7. The molecule has 0 saturated carbocycles. The van der Waals surface area contributed by atoms with Crippen molar-refractivity contribution in [2.24, 2.45) is 5.10 Å². The van der Waals surface area contributed by atoms with Crippen molar-refractivity contribution >= 4 is 17.8 Å². The first-order valence-corrected chi connectivity index (χ1v) is 10.1. The van der Waals surface area contributed by atoms with E-state index in [2.05, 4.69) is 69.6 Å². The molecule has 0 N–H and O–H groups in total. The van der Waals surface area contributed by atoms with Gasteiger partial charge in [-0.15, -0.1) is 0 Å². The fraction of sp³-hybridized carbons (Fsp3) is 0.208. The van der Waals surface area contributed by atoms with E-state index in [1.54, 1.807) is 0 Å². The van der Waals surface area contributed by atoms with Gasteiger partial charge in [0.25, 0.3) is 0 Å². The van der Waals surface area contributed by atoms with E-state index < -0.39 is 0 Å². The van der Waals surface area contributed by atoms with Crippen LogP contribution < -0.4 is 0 Å². The third kappa shape index (κ3) is 4.80. The third-order valence-electron chi connectivity index (χ3n) is 5.09. The second-order valence-electron chi connectivity index (χ2n) is 7.05. The SMILES string of the molecule is Clc1ccccc1CN1CCN(/N=C/c2ccc(-c3ccccc3)cc2)CC1. The summed E-state index contributed by atoms with van der Waals surface area (Å²) in [7, 11) is 0. The minimum Gasteiger partial charge on any atom is -0.295 e. The van der Waals surface area contributed by atoms with Crippen LogP contribution in [0.2, 0.25) is 5.02 Å². The first-order chi connectivity index (χ1) is 13.8. The zero-order valence-electron chi connectivity index (χ0n) is 15.8. The van der Waals surface area contributed by atoms with Crippen LogP contribution in [0.3, 0.4) is 0 Å². The van der Waals surface area contributed by atoms with Crippen LogP contribution in [0.4, 0.5) is 0 Å². The summed E-state index contributed by atoms with van der Waals surface area (Å²) in [6.45, 7) is 4.76. The summed E-state index contributed by atoms with van der Waals surface area (Å²) >= 11 is 6.28. The molecule has 0 bridgehead atoms. The minimum atomic E-state index is 0.849. The molecule has 4 rings (SSSR count). The molecule has 1 aliphatic rings. The number of hydrogen-bond acceptors (Lipinski definition) is 3. The maximum absolute atomic E-state index is 6.28. The second kappa shape index (κ2) is 9.05. The van der Waals surface area contributed by atoms with Crippen molar-refractivity contribution in [2.45, 2.75) is 6.54 Å². The Morgan fingerprint density at radius 3 is 2.11 bits per heavy atom. The largest absolute Gasteiger partial charge is 0.295 e. The quantitative estimate of drug-likeness (QED) is 0.561. The molecule has 3 nitrogen and oxygen atoms in total. The Kier molecular flexibility index (Phi) is 6.05. The average molecular weight is 390 g/mol. The van der Waals surface area contributed by atoms with Gasteiger partial charge in [-0.3, -0.25) is 9.91 Å². The van der Waals surface area contributed by atoms with Crippen molar-refractivity contribution in [2.75, 3.05) is 26.2 Å². The maximum atomic E-state index is 6.28. The molecular formula is C24H24ClN3. The van der Waals surface area contributed by atoms with Gasteiger partial charge < -0.3 is 0 Å². The Labute approximate surface area is 171 Å². The van der Waals surface area contributed by atoms with Crippen LogP contribution in [0.15, 0.2) is 84.0 Å². The number of hydrazone groups is 1. The van der Waals surface area contributed by atoms with Gasteiger partial charge in [0.15, 0.2) is 0 Å². The van der Waals surface area contributed by atoms with Crippen molar-refractivity contribution < 1.29 is 0 Å². The van der Waals surface area contributed by atoms with E-state index in [4.69, 9.17) is 11.6 Å². The van der Waals surface area contributed by atoms with E-state index in [0.717, 1.165) is 43.3 Å². The average Bonchev–Trinajstić information content (AvgIpc) is 2.76. The standard InChI is InChI=1S/C24H24ClN3/c25-24-9-5-4-8-23(24)19-27-14-16-28(17-15-27)26-18-20-10-12-22(13-11-20)21-6-2-1-3-7-21/h1-13,18H,14-17,19H2/b26-18+. The van der Waals surface area contributed by atoms with Gasteiger partial charge in [0.05, 0.1) is 6.21 Å². The van der Waals surface area contributed by atoms with Crippen molar-refractivity contribution in [3.8, 4) is 11.1 Å². The highest BCUT2D eigenvalue weighted by atomic mass is 35.5. The lowest BCUT2D eigenvalue weighted by Crippen LogP contribution is -2.43. The molecule has 1 fully saturated rings. The Morgan fingerprint density at radius 1 is 0.750 bits per heavy atom. The van der Waals surface area contributed by atoms with Gasteiger partial charge in [-0.25, -0.2) is 0 Å². The van der Waals surface area contributed by atoms with Crippen LogP contribution in [0.5, 0.6) is 0 Å². The third-order valence-corrected chi connectivity index (χ3v) is 5.46. The van der Waals surface area contributed by atoms with Gasteiger partial charge in [-0.1, -0.05) is 84.4 Å². The molecule has 4 heteroatoms. The van der Waals surface area contributed by atoms with E-state index in [1.807, 2.05) is 30.5 Å². The van der Waals surface area contributed by atoms with Crippen molar-refractivity contribution in [3.63, 3.8) is 0 Å². The Bertz CT molecular complexity index is 914. The normalized spacial score (nSPS) is 15.2. The number of halogens is 1. The van der Waals surface area contributed by atoms with Crippen LogP contribution in [0.1, 0.15) is 11.1 Å². The first-order valence-electron chi connectivity index (χ1n) is 9.68. The van der Waals surface area contributed by atoms with Gasteiger partial charge >= 0.3 is 0 Å². The van der Waals surface area contributed by atoms with E-state index >= 15 is 0 Å². The summed E-state index contributed by atoms with van der Waals surface area (Å²) in [5.74, 6) is 0. The van der Waals surface area contributed by atoms with Gasteiger partial charge in [0.1, 0.15) is 0 Å². The van der Waals surface area contributed by atoms with Crippen LogP contribution in [0.25, 0.3) is 11.1 Å². The van der Waals surface area contributed by atoms with Gasteiger partial charge in [0.2, 0.25) is 0 Å². The van der Waals surface area contributed by atoms with Crippen molar-refractivity contribution in [3.05, 3.63) is 95.0 Å². The summed E-state index contributed by atoms with van der Waals surface area (Å²) in [4.78, 5) is 2.43. The van der Waals surface area contributed by atoms with Crippen LogP contribution in [0, 0.1) is 0 Å². The molecule has 0 spiro atoms. The lowest BCUT2D eigenvalue weighted by molar-refractivity contribution is 0.131. The Morgan fingerprint density at radius 2 is 1.39 bits per heavy atom. The molecule has 1 saturated heterocycles. The highest BCUT2D eigenvalue weighted by Gasteiger charge is 2.16. The molecule has 3 aromatic rings. The molecule has 0 atom stereocenters. The lowest BCUT2D eigenvalue weighted by Gasteiger charge is -2.33. The molecule has 3 aromatic carbocycles. The molecule has 0 aromatic heterocycles. The number of nitrogens with zero attached hydrogens (tertiary/aromatic N) is 3. The number of piperazine rings is 1. The summed E-state index contributed by atoms with van der Waals surface area (Å²) in [5.41, 5.74) is 4.78. The molecule has 0 aliphatic carbocycles. The zero-order valence-corrected chi connectivity index (χ0v) is 16.6. The summed E-state index contributed by atoms with van der Waals surface area (Å²) in [6, 6.07) is 27.1. The number of rotatable bonds is 5. The van der Waals surface area contributed by atoms with Crippen molar-refractivity contribution in [1.29, 1.82) is 0 Å². The molecule has 0 unspecified atom stereocenters. The van der Waals surface area contributed by atoms with Crippen LogP contribution in [-0.4, -0.2) is 42.3 Å².